The molecular weight excluding hydrogens is 659 g/mol. The average molecular weight is 702 g/mol. The first-order chi connectivity index (χ1) is 26.5. The minimum Gasteiger partial charge on any atom is -0.460 e. The van der Waals surface area contributed by atoms with Gasteiger partial charge in [0.15, 0.2) is 17.5 Å². The molecule has 2 aromatic heterocycles. The second-order valence-electron chi connectivity index (χ2n) is 15.0. The third-order valence-corrected chi connectivity index (χ3v) is 11.1. The summed E-state index contributed by atoms with van der Waals surface area (Å²) in [5.41, 5.74) is 12.4. The summed E-state index contributed by atoms with van der Waals surface area (Å²) in [6.07, 6.45) is 23.3. The number of para-hydroxylation sites is 1. The van der Waals surface area contributed by atoms with Crippen LogP contribution in [0, 0.1) is 5.41 Å². The fourth-order valence-electron chi connectivity index (χ4n) is 8.11. The SMILES string of the molecule is C/C=C\C=C/C1(C)C=CC(c2nc(C3=Cc4ccc(-c5ccccc5)cc4C(C)C3)nc(C3=CCCc4oc5c(-c6ccccc6)cccc5c43)n2)=CC1. The lowest BCUT2D eigenvalue weighted by Gasteiger charge is -2.25. The molecule has 0 spiro atoms. The van der Waals surface area contributed by atoms with Gasteiger partial charge in [-0.3, -0.25) is 0 Å². The van der Waals surface area contributed by atoms with E-state index in [1.807, 2.05) is 6.92 Å². The molecule has 0 N–H and O–H groups in total. The molecule has 9 rings (SSSR count). The molecule has 2 heterocycles. The smallest absolute Gasteiger partial charge is 0.164 e. The maximum atomic E-state index is 6.72. The lowest BCUT2D eigenvalue weighted by Crippen LogP contribution is -2.14. The van der Waals surface area contributed by atoms with Crippen molar-refractivity contribution in [1.29, 1.82) is 0 Å². The lowest BCUT2D eigenvalue weighted by molar-refractivity contribution is 0.546. The van der Waals surface area contributed by atoms with Crippen molar-refractivity contribution in [2.24, 2.45) is 5.41 Å². The Labute approximate surface area is 317 Å². The molecule has 4 nitrogen and oxygen atoms in total. The molecule has 0 radical (unpaired) electrons. The number of allylic oxidation sites excluding steroid dienone is 10. The molecule has 54 heavy (non-hydrogen) atoms. The van der Waals surface area contributed by atoms with Gasteiger partial charge in [-0.2, -0.15) is 0 Å². The summed E-state index contributed by atoms with van der Waals surface area (Å²) in [6, 6.07) is 34.4. The largest absolute Gasteiger partial charge is 0.460 e. The van der Waals surface area contributed by atoms with Crippen molar-refractivity contribution in [3.8, 4) is 22.3 Å². The van der Waals surface area contributed by atoms with Crippen molar-refractivity contribution in [2.45, 2.75) is 52.4 Å². The Morgan fingerprint density at radius 3 is 2.33 bits per heavy atom. The number of furan rings is 1. The number of aromatic nitrogens is 3. The van der Waals surface area contributed by atoms with E-state index in [0.29, 0.717) is 17.6 Å². The zero-order valence-corrected chi connectivity index (χ0v) is 31.1. The van der Waals surface area contributed by atoms with Gasteiger partial charge >= 0.3 is 0 Å². The average Bonchev–Trinajstić information content (AvgIpc) is 3.61. The first kappa shape index (κ1) is 33.7. The zero-order chi connectivity index (χ0) is 36.6. The van der Waals surface area contributed by atoms with Gasteiger partial charge in [0.2, 0.25) is 0 Å². The van der Waals surface area contributed by atoms with Gasteiger partial charge in [0, 0.05) is 39.5 Å². The first-order valence-corrected chi connectivity index (χ1v) is 19.1. The fraction of sp³-hybridized carbons (Fsp3) is 0.180. The highest BCUT2D eigenvalue weighted by Crippen LogP contribution is 2.43. The van der Waals surface area contributed by atoms with Gasteiger partial charge in [0.05, 0.1) is 0 Å². The van der Waals surface area contributed by atoms with Gasteiger partial charge in [-0.25, -0.2) is 15.0 Å². The Kier molecular flexibility index (Phi) is 8.75. The molecule has 0 aliphatic heterocycles. The van der Waals surface area contributed by atoms with Crippen LogP contribution < -0.4 is 0 Å². The maximum Gasteiger partial charge on any atom is 0.164 e. The number of hydrogen-bond donors (Lipinski definition) is 0. The highest BCUT2D eigenvalue weighted by atomic mass is 16.3. The Balaban J connectivity index is 1.16. The van der Waals surface area contributed by atoms with Gasteiger partial charge in [-0.1, -0.05) is 160 Å². The van der Waals surface area contributed by atoms with E-state index in [1.165, 1.54) is 22.3 Å². The topological polar surface area (TPSA) is 51.8 Å². The summed E-state index contributed by atoms with van der Waals surface area (Å²) in [6.45, 7) is 6.62. The number of benzene rings is 4. The highest BCUT2D eigenvalue weighted by Gasteiger charge is 2.29. The van der Waals surface area contributed by atoms with E-state index in [-0.39, 0.29) is 5.41 Å². The van der Waals surface area contributed by atoms with Crippen LogP contribution in [-0.2, 0) is 6.42 Å². The molecule has 264 valence electrons. The van der Waals surface area contributed by atoms with Gasteiger partial charge in [0.25, 0.3) is 0 Å². The Morgan fingerprint density at radius 1 is 0.778 bits per heavy atom. The third-order valence-electron chi connectivity index (χ3n) is 11.1. The van der Waals surface area contributed by atoms with Crippen LogP contribution in [0.4, 0.5) is 0 Å². The van der Waals surface area contributed by atoms with E-state index in [4.69, 9.17) is 19.4 Å². The molecule has 3 aliphatic carbocycles. The molecule has 0 saturated carbocycles. The first-order valence-electron chi connectivity index (χ1n) is 19.1. The van der Waals surface area contributed by atoms with E-state index < -0.39 is 0 Å². The standard InChI is InChI=1S/C50H43N3O/c1-4-5-12-27-50(3)28-25-36(26-29-50)47-51-48(39-30-33(2)43-32-37(23-24-38(43)31-39)34-15-8-6-9-16-34)53-49(52-47)42-21-14-22-44-45(42)41-20-13-19-40(46(41)54-44)35-17-10-7-11-18-35/h4-13,15-21,23-28,31-33H,14,22,29-30H2,1-3H3/b5-4-,27-12-. The van der Waals surface area contributed by atoms with E-state index in [1.54, 1.807) is 0 Å². The van der Waals surface area contributed by atoms with Crippen LogP contribution in [0.25, 0.3) is 56.0 Å². The zero-order valence-electron chi connectivity index (χ0n) is 31.1. The molecular formula is C50H43N3O. The van der Waals surface area contributed by atoms with Crippen molar-refractivity contribution in [3.05, 3.63) is 186 Å². The summed E-state index contributed by atoms with van der Waals surface area (Å²) in [7, 11) is 0. The van der Waals surface area contributed by atoms with Gasteiger partial charge in [0.1, 0.15) is 11.3 Å². The molecule has 2 atom stereocenters. The highest BCUT2D eigenvalue weighted by molar-refractivity contribution is 6.02. The van der Waals surface area contributed by atoms with Gasteiger partial charge in [-0.15, -0.1) is 0 Å². The van der Waals surface area contributed by atoms with Crippen LogP contribution in [0.2, 0.25) is 0 Å². The van der Waals surface area contributed by atoms with Gasteiger partial charge in [-0.05, 0) is 71.6 Å². The Morgan fingerprint density at radius 2 is 1.56 bits per heavy atom. The quantitative estimate of drug-likeness (QED) is 0.156. The van der Waals surface area contributed by atoms with E-state index in [2.05, 4.69) is 166 Å². The number of fused-ring (bicyclic) bond motifs is 4. The number of aryl methyl sites for hydroxylation is 1. The summed E-state index contributed by atoms with van der Waals surface area (Å²) < 4.78 is 6.72. The molecule has 2 unspecified atom stereocenters. The number of rotatable bonds is 7. The second-order valence-corrected chi connectivity index (χ2v) is 15.0. The van der Waals surface area contributed by atoms with Crippen molar-refractivity contribution in [3.63, 3.8) is 0 Å². The van der Waals surface area contributed by atoms with E-state index in [9.17, 15) is 0 Å². The van der Waals surface area contributed by atoms with Crippen molar-refractivity contribution in [2.75, 3.05) is 0 Å². The summed E-state index contributed by atoms with van der Waals surface area (Å²) >= 11 is 0. The fourth-order valence-corrected chi connectivity index (χ4v) is 8.11. The molecule has 0 amide bonds. The Hall–Kier alpha value is -6.13. The molecule has 0 bridgehead atoms. The summed E-state index contributed by atoms with van der Waals surface area (Å²) in [5, 5.41) is 1.09. The molecule has 0 fully saturated rings. The van der Waals surface area contributed by atoms with E-state index in [0.717, 1.165) is 81.6 Å². The lowest BCUT2D eigenvalue weighted by atomic mass is 9.81. The monoisotopic (exact) mass is 701 g/mol. The third kappa shape index (κ3) is 6.32. The van der Waals surface area contributed by atoms with Crippen molar-refractivity contribution in [1.82, 2.24) is 15.0 Å². The maximum absolute atomic E-state index is 6.72. The molecule has 4 heteroatoms. The number of hydrogen-bond acceptors (Lipinski definition) is 4. The van der Waals surface area contributed by atoms with E-state index >= 15 is 0 Å². The molecule has 6 aromatic rings. The van der Waals surface area contributed by atoms with Crippen LogP contribution in [0.3, 0.4) is 0 Å². The normalized spacial score (nSPS) is 19.5. The second kappa shape index (κ2) is 14.0. The Bertz CT molecular complexity index is 2580. The summed E-state index contributed by atoms with van der Waals surface area (Å²) in [4.78, 5) is 15.8. The predicted molar refractivity (Wildman–Crippen MR) is 223 cm³/mol. The van der Waals surface area contributed by atoms with Crippen molar-refractivity contribution < 1.29 is 4.42 Å². The van der Waals surface area contributed by atoms with Crippen LogP contribution in [0.1, 0.15) is 85.9 Å². The van der Waals surface area contributed by atoms with Crippen LogP contribution in [-0.4, -0.2) is 15.0 Å². The molecule has 0 saturated heterocycles. The minimum atomic E-state index is -0.0711. The molecule has 4 aromatic carbocycles. The van der Waals surface area contributed by atoms with Crippen LogP contribution >= 0.6 is 0 Å². The predicted octanol–water partition coefficient (Wildman–Crippen LogP) is 12.9. The van der Waals surface area contributed by atoms with Gasteiger partial charge < -0.3 is 4.42 Å². The summed E-state index contributed by atoms with van der Waals surface area (Å²) in [5.74, 6) is 3.43. The molecule has 3 aliphatic rings. The van der Waals surface area contributed by atoms with Crippen LogP contribution in [0.5, 0.6) is 0 Å². The van der Waals surface area contributed by atoms with Crippen molar-refractivity contribution >= 4 is 33.8 Å². The number of nitrogens with zero attached hydrogens (tertiary/aromatic N) is 3. The van der Waals surface area contributed by atoms with Crippen LogP contribution in [0.15, 0.2) is 150 Å². The minimum absolute atomic E-state index is 0.0711.